The van der Waals surface area contributed by atoms with Crippen molar-refractivity contribution in [2.24, 2.45) is 10.9 Å². The van der Waals surface area contributed by atoms with Gasteiger partial charge in [-0.3, -0.25) is 4.99 Å². The number of rotatable bonds is 4. The van der Waals surface area contributed by atoms with Crippen LogP contribution in [0.3, 0.4) is 0 Å². The van der Waals surface area contributed by atoms with Crippen molar-refractivity contribution >= 4 is 12.0 Å². The Bertz CT molecular complexity index is 390. The molecule has 0 aliphatic carbocycles. The molecule has 0 atom stereocenters. The highest BCUT2D eigenvalue weighted by atomic mass is 15.1. The van der Waals surface area contributed by atoms with Crippen molar-refractivity contribution in [1.29, 1.82) is 0 Å². The molecule has 0 saturated carbocycles. The Balaban J connectivity index is 0. The number of anilines is 1. The summed E-state index contributed by atoms with van der Waals surface area (Å²) in [5.41, 5.74) is 2.42. The molecule has 1 aromatic rings. The van der Waals surface area contributed by atoms with Gasteiger partial charge in [-0.15, -0.1) is 0 Å². The first kappa shape index (κ1) is 21.7. The summed E-state index contributed by atoms with van der Waals surface area (Å²) in [6.45, 7) is 18.6. The van der Waals surface area contributed by atoms with Gasteiger partial charge >= 0.3 is 0 Å². The lowest BCUT2D eigenvalue weighted by atomic mass is 10.0. The molecular weight excluding hydrogens is 256 g/mol. The Morgan fingerprint density at radius 1 is 1.10 bits per heavy atom. The van der Waals surface area contributed by atoms with Gasteiger partial charge in [0.15, 0.2) is 0 Å². The summed E-state index contributed by atoms with van der Waals surface area (Å²) in [6.07, 6.45) is 3.51. The lowest BCUT2D eigenvalue weighted by molar-refractivity contribution is 0.737. The molecule has 0 saturated heterocycles. The van der Waals surface area contributed by atoms with E-state index in [0.29, 0.717) is 5.92 Å². The highest BCUT2D eigenvalue weighted by molar-refractivity contribution is 5.81. The van der Waals surface area contributed by atoms with Gasteiger partial charge in [0.1, 0.15) is 0 Å². The van der Waals surface area contributed by atoms with E-state index in [1.165, 1.54) is 5.56 Å². The molecule has 0 unspecified atom stereocenters. The van der Waals surface area contributed by atoms with Crippen LogP contribution in [-0.2, 0) is 0 Å². The van der Waals surface area contributed by atoms with Gasteiger partial charge in [-0.1, -0.05) is 67.2 Å². The van der Waals surface area contributed by atoms with Crippen molar-refractivity contribution in [1.82, 2.24) is 0 Å². The standard InChI is InChI=1S/C13H18N2.C4H10.C2H6/c1-5-15(10-14-4)13-8-6-7-12(9-13)11(2)3;1-4(2)3;1-2/h5-11H,1H2,2-4H3;4H,1-3H3;1-2H3. The highest BCUT2D eigenvalue weighted by Crippen LogP contribution is 2.20. The van der Waals surface area contributed by atoms with Crippen molar-refractivity contribution in [3.63, 3.8) is 0 Å². The number of nitrogens with zero attached hydrogens (tertiary/aromatic N) is 2. The molecule has 1 aromatic carbocycles. The van der Waals surface area contributed by atoms with Gasteiger partial charge in [0.25, 0.3) is 0 Å². The van der Waals surface area contributed by atoms with E-state index in [1.54, 1.807) is 19.6 Å². The fraction of sp³-hybridized carbons (Fsp3) is 0.526. The van der Waals surface area contributed by atoms with Crippen LogP contribution in [-0.4, -0.2) is 13.4 Å². The predicted molar refractivity (Wildman–Crippen MR) is 99.5 cm³/mol. The molecule has 0 radical (unpaired) electrons. The third-order valence-electron chi connectivity index (χ3n) is 2.27. The molecule has 120 valence electrons. The largest absolute Gasteiger partial charge is 0.309 e. The quantitative estimate of drug-likeness (QED) is 0.482. The maximum atomic E-state index is 3.99. The van der Waals surface area contributed by atoms with E-state index in [1.807, 2.05) is 18.7 Å². The van der Waals surface area contributed by atoms with Crippen LogP contribution in [0.4, 0.5) is 5.69 Å². The van der Waals surface area contributed by atoms with E-state index >= 15 is 0 Å². The third-order valence-corrected chi connectivity index (χ3v) is 2.27. The predicted octanol–water partition coefficient (Wildman–Crippen LogP) is 6.11. The first-order valence-corrected chi connectivity index (χ1v) is 7.85. The third kappa shape index (κ3) is 10.8. The monoisotopic (exact) mass is 290 g/mol. The van der Waals surface area contributed by atoms with E-state index < -0.39 is 0 Å². The molecular formula is C19H34N2. The van der Waals surface area contributed by atoms with Crippen LogP contribution in [0.15, 0.2) is 42.0 Å². The number of benzene rings is 1. The first-order chi connectivity index (χ1) is 9.92. The van der Waals surface area contributed by atoms with Crippen LogP contribution in [0.1, 0.15) is 59.9 Å². The maximum Gasteiger partial charge on any atom is 0.0931 e. The number of aliphatic imine (C=N–C) groups is 1. The van der Waals surface area contributed by atoms with Gasteiger partial charge in [0.05, 0.1) is 6.34 Å². The second kappa shape index (κ2) is 13.4. The summed E-state index contributed by atoms with van der Waals surface area (Å²) in [6, 6.07) is 8.41. The SMILES string of the molecule is C=CN(C=NC)c1cccc(C(C)C)c1.CC.CC(C)C. The molecule has 0 aliphatic heterocycles. The van der Waals surface area contributed by atoms with Crippen molar-refractivity contribution in [3.8, 4) is 0 Å². The minimum atomic E-state index is 0.537. The minimum Gasteiger partial charge on any atom is -0.309 e. The zero-order chi connectivity index (χ0) is 16.8. The topological polar surface area (TPSA) is 15.6 Å². The molecule has 0 aliphatic rings. The van der Waals surface area contributed by atoms with Crippen LogP contribution < -0.4 is 4.90 Å². The Labute approximate surface area is 132 Å². The Morgan fingerprint density at radius 2 is 1.62 bits per heavy atom. The normalized spacial score (nSPS) is 9.81. The summed E-state index contributed by atoms with van der Waals surface area (Å²) < 4.78 is 0. The average molecular weight is 290 g/mol. The lowest BCUT2D eigenvalue weighted by Gasteiger charge is -2.16. The molecule has 0 fully saturated rings. The molecule has 0 spiro atoms. The fourth-order valence-electron chi connectivity index (χ4n) is 1.39. The molecule has 0 bridgehead atoms. The van der Waals surface area contributed by atoms with E-state index in [-0.39, 0.29) is 0 Å². The van der Waals surface area contributed by atoms with Crippen LogP contribution in [0.25, 0.3) is 0 Å². The minimum absolute atomic E-state index is 0.537. The summed E-state index contributed by atoms with van der Waals surface area (Å²) in [5, 5.41) is 0. The van der Waals surface area contributed by atoms with Gasteiger partial charge in [0, 0.05) is 18.9 Å². The van der Waals surface area contributed by atoms with Crippen molar-refractivity contribution in [2.45, 2.75) is 54.4 Å². The fourth-order valence-corrected chi connectivity index (χ4v) is 1.39. The zero-order valence-corrected chi connectivity index (χ0v) is 15.2. The highest BCUT2D eigenvalue weighted by Gasteiger charge is 2.03. The molecule has 21 heavy (non-hydrogen) atoms. The zero-order valence-electron chi connectivity index (χ0n) is 15.2. The lowest BCUT2D eigenvalue weighted by Crippen LogP contribution is -2.12. The van der Waals surface area contributed by atoms with Crippen molar-refractivity contribution in [2.75, 3.05) is 11.9 Å². The van der Waals surface area contributed by atoms with Crippen molar-refractivity contribution < 1.29 is 0 Å². The summed E-state index contributed by atoms with van der Waals surface area (Å²) in [4.78, 5) is 5.90. The van der Waals surface area contributed by atoms with Crippen LogP contribution in [0, 0.1) is 5.92 Å². The van der Waals surface area contributed by atoms with E-state index in [2.05, 4.69) is 70.5 Å². The smallest absolute Gasteiger partial charge is 0.0931 e. The first-order valence-electron chi connectivity index (χ1n) is 7.85. The van der Waals surface area contributed by atoms with Crippen LogP contribution in [0.5, 0.6) is 0 Å². The van der Waals surface area contributed by atoms with Gasteiger partial charge in [-0.25, -0.2) is 0 Å². The molecule has 2 nitrogen and oxygen atoms in total. The van der Waals surface area contributed by atoms with Gasteiger partial charge in [0.2, 0.25) is 0 Å². The summed E-state index contributed by atoms with van der Waals surface area (Å²) in [5.74, 6) is 1.37. The van der Waals surface area contributed by atoms with E-state index in [4.69, 9.17) is 0 Å². The maximum absolute atomic E-state index is 3.99. The Hall–Kier alpha value is -1.57. The molecule has 0 amide bonds. The Morgan fingerprint density at radius 3 is 2.00 bits per heavy atom. The molecule has 1 rings (SSSR count). The van der Waals surface area contributed by atoms with Crippen molar-refractivity contribution in [3.05, 3.63) is 42.6 Å². The van der Waals surface area contributed by atoms with E-state index in [0.717, 1.165) is 11.6 Å². The number of hydrogen-bond acceptors (Lipinski definition) is 1. The molecule has 2 heteroatoms. The van der Waals surface area contributed by atoms with Gasteiger partial charge < -0.3 is 4.90 Å². The summed E-state index contributed by atoms with van der Waals surface area (Å²) >= 11 is 0. The van der Waals surface area contributed by atoms with Crippen LogP contribution >= 0.6 is 0 Å². The summed E-state index contributed by atoms with van der Waals surface area (Å²) in [7, 11) is 1.75. The van der Waals surface area contributed by atoms with Gasteiger partial charge in [-0.05, 0) is 29.5 Å². The second-order valence-electron chi connectivity index (χ2n) is 5.45. The molecule has 0 heterocycles. The van der Waals surface area contributed by atoms with Gasteiger partial charge in [-0.2, -0.15) is 0 Å². The van der Waals surface area contributed by atoms with Crippen LogP contribution in [0.2, 0.25) is 0 Å². The second-order valence-corrected chi connectivity index (χ2v) is 5.45. The molecule has 0 aromatic heterocycles. The average Bonchev–Trinajstić information content (AvgIpc) is 2.46. The number of hydrogen-bond donors (Lipinski definition) is 0. The Kier molecular flexibility index (Phi) is 13.9. The molecule has 0 N–H and O–H groups in total. The van der Waals surface area contributed by atoms with E-state index in [9.17, 15) is 0 Å².